The number of anilines is 1. The molecule has 0 fully saturated rings. The molecule has 4 aromatic rings. The number of carbonyl (C=O) groups is 1. The summed E-state index contributed by atoms with van der Waals surface area (Å²) in [6.45, 7) is 2.33. The number of rotatable bonds is 7. The molecule has 8 nitrogen and oxygen atoms in total. The molecular weight excluding hydrogens is 412 g/mol. The van der Waals surface area contributed by atoms with E-state index in [4.69, 9.17) is 17.0 Å². The Labute approximate surface area is 184 Å². The van der Waals surface area contributed by atoms with Crippen LogP contribution in [0.4, 0.5) is 5.82 Å². The zero-order valence-electron chi connectivity index (χ0n) is 16.8. The molecule has 9 heteroatoms. The summed E-state index contributed by atoms with van der Waals surface area (Å²) in [7, 11) is 0. The van der Waals surface area contributed by atoms with Gasteiger partial charge in [0.05, 0.1) is 0 Å². The van der Waals surface area contributed by atoms with E-state index in [1.807, 2.05) is 43.3 Å². The van der Waals surface area contributed by atoms with Gasteiger partial charge in [0.1, 0.15) is 13.2 Å². The molecule has 0 unspecified atom stereocenters. The first-order chi connectivity index (χ1) is 15.1. The largest absolute Gasteiger partial charge is 0.485 e. The van der Waals surface area contributed by atoms with Gasteiger partial charge in [0.2, 0.25) is 5.91 Å². The molecule has 0 aliphatic heterocycles. The molecule has 0 atom stereocenters. The zero-order valence-corrected chi connectivity index (χ0v) is 17.6. The summed E-state index contributed by atoms with van der Waals surface area (Å²) in [4.78, 5) is 21.0. The Kier molecular flexibility index (Phi) is 6.13. The molecule has 1 aromatic carbocycles. The van der Waals surface area contributed by atoms with Gasteiger partial charge < -0.3 is 10.1 Å². The van der Waals surface area contributed by atoms with Crippen LogP contribution in [0, 0.1) is 11.7 Å². The summed E-state index contributed by atoms with van der Waals surface area (Å²) < 4.78 is 7.85. The van der Waals surface area contributed by atoms with Crippen LogP contribution in [0.1, 0.15) is 11.1 Å². The van der Waals surface area contributed by atoms with E-state index >= 15 is 0 Å². The normalized spacial score (nSPS) is 10.6. The minimum Gasteiger partial charge on any atom is -0.485 e. The third-order valence-electron chi connectivity index (χ3n) is 4.54. The summed E-state index contributed by atoms with van der Waals surface area (Å²) in [6.07, 6.45) is 4.99. The van der Waals surface area contributed by atoms with Gasteiger partial charge in [0, 0.05) is 24.2 Å². The summed E-state index contributed by atoms with van der Waals surface area (Å²) in [5.41, 5.74) is 2.96. The number of nitrogens with one attached hydrogen (secondary N) is 2. The van der Waals surface area contributed by atoms with Gasteiger partial charge in [-0.15, -0.1) is 0 Å². The molecule has 0 saturated heterocycles. The average molecular weight is 433 g/mol. The summed E-state index contributed by atoms with van der Waals surface area (Å²) >= 11 is 5.32. The van der Waals surface area contributed by atoms with Crippen molar-refractivity contribution in [3.8, 4) is 17.1 Å². The number of aromatic amines is 1. The Bertz CT molecular complexity index is 1230. The average Bonchev–Trinajstić information content (AvgIpc) is 3.14. The van der Waals surface area contributed by atoms with Gasteiger partial charge in [0.15, 0.2) is 22.2 Å². The lowest BCUT2D eigenvalue weighted by molar-refractivity contribution is -0.116. The van der Waals surface area contributed by atoms with Crippen LogP contribution >= 0.6 is 12.2 Å². The van der Waals surface area contributed by atoms with E-state index in [-0.39, 0.29) is 12.5 Å². The lowest BCUT2D eigenvalue weighted by Crippen LogP contribution is -2.20. The van der Waals surface area contributed by atoms with Gasteiger partial charge in [-0.25, -0.2) is 4.98 Å². The highest BCUT2D eigenvalue weighted by Crippen LogP contribution is 2.23. The predicted octanol–water partition coefficient (Wildman–Crippen LogP) is 3.92. The fraction of sp³-hybridized carbons (Fsp3) is 0.136. The number of ether oxygens (including phenoxy) is 1. The van der Waals surface area contributed by atoms with Crippen molar-refractivity contribution in [3.63, 3.8) is 0 Å². The molecule has 0 aliphatic carbocycles. The summed E-state index contributed by atoms with van der Waals surface area (Å²) in [5, 5.41) is 9.84. The second-order valence-corrected chi connectivity index (χ2v) is 7.23. The molecule has 4 rings (SSSR count). The van der Waals surface area contributed by atoms with Crippen LogP contribution in [0.25, 0.3) is 11.4 Å². The quantitative estimate of drug-likeness (QED) is 0.430. The maximum atomic E-state index is 12.8. The van der Waals surface area contributed by atoms with E-state index in [9.17, 15) is 4.79 Å². The highest BCUT2D eigenvalue weighted by atomic mass is 32.1. The van der Waals surface area contributed by atoms with Gasteiger partial charge >= 0.3 is 0 Å². The van der Waals surface area contributed by atoms with Crippen LogP contribution in [-0.4, -0.2) is 30.6 Å². The highest BCUT2D eigenvalue weighted by Gasteiger charge is 2.15. The fourth-order valence-corrected chi connectivity index (χ4v) is 3.14. The van der Waals surface area contributed by atoms with Crippen LogP contribution in [0.3, 0.4) is 0 Å². The van der Waals surface area contributed by atoms with E-state index in [2.05, 4.69) is 25.5 Å². The maximum absolute atomic E-state index is 12.8. The smallest absolute Gasteiger partial charge is 0.245 e. The number of amides is 1. The van der Waals surface area contributed by atoms with Crippen molar-refractivity contribution >= 4 is 23.9 Å². The van der Waals surface area contributed by atoms with Crippen LogP contribution in [0.15, 0.2) is 67.1 Å². The van der Waals surface area contributed by atoms with Crippen molar-refractivity contribution in [2.45, 2.75) is 20.1 Å². The topological polar surface area (TPSA) is 97.7 Å². The van der Waals surface area contributed by atoms with Gasteiger partial charge in [0.25, 0.3) is 0 Å². The monoisotopic (exact) mass is 432 g/mol. The fourth-order valence-electron chi connectivity index (χ4n) is 2.94. The molecule has 0 radical (unpaired) electrons. The van der Waals surface area contributed by atoms with E-state index in [1.54, 1.807) is 35.3 Å². The molecule has 156 valence electrons. The molecule has 3 aromatic heterocycles. The molecule has 1 amide bonds. The van der Waals surface area contributed by atoms with E-state index < -0.39 is 0 Å². The number of hydrogen-bond acceptors (Lipinski definition) is 6. The number of H-pyrrole nitrogens is 1. The molecule has 0 saturated carbocycles. The van der Waals surface area contributed by atoms with Crippen molar-refractivity contribution in [2.24, 2.45) is 0 Å². The van der Waals surface area contributed by atoms with Gasteiger partial charge in [-0.2, -0.15) is 5.10 Å². The lowest BCUT2D eigenvalue weighted by atomic mass is 10.1. The van der Waals surface area contributed by atoms with Crippen molar-refractivity contribution in [3.05, 3.63) is 83.0 Å². The predicted molar refractivity (Wildman–Crippen MR) is 119 cm³/mol. The van der Waals surface area contributed by atoms with Crippen LogP contribution in [0.2, 0.25) is 0 Å². The highest BCUT2D eigenvalue weighted by molar-refractivity contribution is 7.71. The molecule has 0 bridgehead atoms. The second kappa shape index (κ2) is 9.31. The molecule has 0 spiro atoms. The van der Waals surface area contributed by atoms with Crippen molar-refractivity contribution in [2.75, 3.05) is 5.32 Å². The molecule has 2 N–H and O–H groups in total. The van der Waals surface area contributed by atoms with Gasteiger partial charge in [-0.1, -0.05) is 29.8 Å². The van der Waals surface area contributed by atoms with Crippen molar-refractivity contribution in [1.29, 1.82) is 0 Å². The summed E-state index contributed by atoms with van der Waals surface area (Å²) in [5.74, 6) is 1.12. The third kappa shape index (κ3) is 5.01. The minimum absolute atomic E-state index is 0.0150. The number of hydrogen-bond donors (Lipinski definition) is 2. The number of benzene rings is 1. The number of aromatic nitrogens is 5. The number of aryl methyl sites for hydroxylation is 1. The Morgan fingerprint density at radius 1 is 1.13 bits per heavy atom. The molecule has 3 heterocycles. The summed E-state index contributed by atoms with van der Waals surface area (Å²) in [6, 6.07) is 15.1. The molecular formula is C22H20N6O2S. The minimum atomic E-state index is -0.293. The van der Waals surface area contributed by atoms with Crippen LogP contribution in [-0.2, 0) is 17.9 Å². The Hall–Kier alpha value is -3.85. The second-order valence-electron chi connectivity index (χ2n) is 6.85. The Balaban J connectivity index is 1.48. The standard InChI is InChI=1S/C22H20N6O2S/c1-15-4-6-17(7-5-15)21-26-27-22(31)28(21)13-19(29)25-20-18(3-2-10-24-20)30-14-16-8-11-23-12-9-16/h2-12H,13-14H2,1H3,(H,27,31)(H,24,25,29). The van der Waals surface area contributed by atoms with E-state index in [0.29, 0.717) is 28.8 Å². The lowest BCUT2D eigenvalue weighted by Gasteiger charge is -2.12. The Morgan fingerprint density at radius 2 is 1.90 bits per heavy atom. The van der Waals surface area contributed by atoms with E-state index in [1.165, 1.54) is 0 Å². The number of nitrogens with zero attached hydrogens (tertiary/aromatic N) is 4. The van der Waals surface area contributed by atoms with Gasteiger partial charge in [-0.3, -0.25) is 19.4 Å². The van der Waals surface area contributed by atoms with Crippen molar-refractivity contribution < 1.29 is 9.53 Å². The first-order valence-electron chi connectivity index (χ1n) is 9.59. The third-order valence-corrected chi connectivity index (χ3v) is 4.85. The van der Waals surface area contributed by atoms with E-state index in [0.717, 1.165) is 16.7 Å². The molecule has 31 heavy (non-hydrogen) atoms. The van der Waals surface area contributed by atoms with Crippen LogP contribution < -0.4 is 10.1 Å². The zero-order chi connectivity index (χ0) is 21.6. The Morgan fingerprint density at radius 3 is 2.68 bits per heavy atom. The van der Waals surface area contributed by atoms with Gasteiger partial charge in [-0.05, 0) is 49.0 Å². The van der Waals surface area contributed by atoms with Crippen LogP contribution in [0.5, 0.6) is 5.75 Å². The molecule has 0 aliphatic rings. The number of carbonyl (C=O) groups excluding carboxylic acids is 1. The SMILES string of the molecule is Cc1ccc(-c2n[nH]c(=S)n2CC(=O)Nc2ncccc2OCc2ccncc2)cc1. The first kappa shape index (κ1) is 20.4. The maximum Gasteiger partial charge on any atom is 0.245 e. The van der Waals surface area contributed by atoms with Crippen molar-refractivity contribution in [1.82, 2.24) is 24.7 Å². The number of pyridine rings is 2. The first-order valence-corrected chi connectivity index (χ1v) is 10.00.